The number of aryl methyl sites for hydroxylation is 1. The zero-order valence-electron chi connectivity index (χ0n) is 12.1. The first kappa shape index (κ1) is 15.7. The van der Waals surface area contributed by atoms with E-state index in [0.29, 0.717) is 18.5 Å². The van der Waals surface area contributed by atoms with E-state index in [1.165, 1.54) is 4.90 Å². The number of hydrogen-bond acceptors (Lipinski definition) is 2. The molecule has 1 aliphatic heterocycles. The molecule has 0 aromatic heterocycles. The van der Waals surface area contributed by atoms with Gasteiger partial charge in [0.05, 0.1) is 5.92 Å². The second kappa shape index (κ2) is 5.95. The quantitative estimate of drug-likeness (QED) is 0.907. The van der Waals surface area contributed by atoms with Crippen molar-refractivity contribution in [3.8, 4) is 0 Å². The van der Waals surface area contributed by atoms with Crippen molar-refractivity contribution >= 4 is 11.6 Å². The van der Waals surface area contributed by atoms with Crippen LogP contribution in [0.15, 0.2) is 18.2 Å². The largest absolute Gasteiger partial charge is 0.393 e. The van der Waals surface area contributed by atoms with Gasteiger partial charge >= 0.3 is 6.18 Å². The molecule has 1 aromatic rings. The van der Waals surface area contributed by atoms with Gasteiger partial charge in [-0.1, -0.05) is 0 Å². The molecule has 1 N–H and O–H groups in total. The van der Waals surface area contributed by atoms with Crippen LogP contribution in [0.2, 0.25) is 0 Å². The van der Waals surface area contributed by atoms with Gasteiger partial charge in [-0.15, -0.1) is 0 Å². The summed E-state index contributed by atoms with van der Waals surface area (Å²) >= 11 is 0. The standard InChI is InChI=1S/C15H19F3N2O/c1-10-8-11(5-6-13(10)19-2)14(21)20-7-3-4-12(9-20)15(16,17)18/h5-6,8,12,19H,3-4,7,9H2,1-2H3. The van der Waals surface area contributed by atoms with Gasteiger partial charge in [0.1, 0.15) is 0 Å². The van der Waals surface area contributed by atoms with Gasteiger partial charge in [-0.05, 0) is 43.5 Å². The minimum atomic E-state index is -4.23. The van der Waals surface area contributed by atoms with Crippen LogP contribution in [0.3, 0.4) is 0 Å². The van der Waals surface area contributed by atoms with Crippen LogP contribution in [-0.2, 0) is 0 Å². The Kier molecular flexibility index (Phi) is 4.44. The van der Waals surface area contributed by atoms with Crippen LogP contribution in [0.25, 0.3) is 0 Å². The number of benzene rings is 1. The van der Waals surface area contributed by atoms with Crippen molar-refractivity contribution in [1.29, 1.82) is 0 Å². The highest BCUT2D eigenvalue weighted by molar-refractivity contribution is 5.95. The third-order valence-electron chi connectivity index (χ3n) is 3.91. The van der Waals surface area contributed by atoms with Crippen molar-refractivity contribution in [2.75, 3.05) is 25.5 Å². The number of carbonyl (C=O) groups excluding carboxylic acids is 1. The number of carbonyl (C=O) groups is 1. The Hall–Kier alpha value is -1.72. The highest BCUT2D eigenvalue weighted by Gasteiger charge is 2.42. The van der Waals surface area contributed by atoms with Crippen molar-refractivity contribution in [2.24, 2.45) is 5.92 Å². The monoisotopic (exact) mass is 300 g/mol. The summed E-state index contributed by atoms with van der Waals surface area (Å²) in [6.07, 6.45) is -3.74. The van der Waals surface area contributed by atoms with E-state index in [1.807, 2.05) is 6.92 Å². The van der Waals surface area contributed by atoms with E-state index in [1.54, 1.807) is 25.2 Å². The molecule has 0 spiro atoms. The second-order valence-corrected chi connectivity index (χ2v) is 5.41. The van der Waals surface area contributed by atoms with Gasteiger partial charge in [0.25, 0.3) is 5.91 Å². The zero-order chi connectivity index (χ0) is 15.6. The molecule has 1 atom stereocenters. The van der Waals surface area contributed by atoms with E-state index in [2.05, 4.69) is 5.32 Å². The number of anilines is 1. The Morgan fingerprint density at radius 2 is 2.10 bits per heavy atom. The average Bonchev–Trinajstić information content (AvgIpc) is 2.45. The van der Waals surface area contributed by atoms with Crippen molar-refractivity contribution in [1.82, 2.24) is 4.90 Å². The maximum Gasteiger partial charge on any atom is 0.393 e. The predicted molar refractivity (Wildman–Crippen MR) is 75.4 cm³/mol. The Balaban J connectivity index is 2.14. The number of nitrogens with zero attached hydrogens (tertiary/aromatic N) is 1. The Bertz CT molecular complexity index is 528. The molecule has 1 aliphatic rings. The van der Waals surface area contributed by atoms with Crippen LogP contribution in [-0.4, -0.2) is 37.1 Å². The summed E-state index contributed by atoms with van der Waals surface area (Å²) in [6.45, 7) is 2.00. The van der Waals surface area contributed by atoms with Gasteiger partial charge in [-0.3, -0.25) is 4.79 Å². The van der Waals surface area contributed by atoms with Crippen LogP contribution < -0.4 is 5.32 Å². The van der Waals surface area contributed by atoms with Gasteiger partial charge in [0, 0.05) is 31.4 Å². The molecule has 1 heterocycles. The summed E-state index contributed by atoms with van der Waals surface area (Å²) in [5, 5.41) is 2.99. The molecule has 2 rings (SSSR count). The summed E-state index contributed by atoms with van der Waals surface area (Å²) in [6, 6.07) is 5.14. The van der Waals surface area contributed by atoms with E-state index in [9.17, 15) is 18.0 Å². The molecule has 1 saturated heterocycles. The first-order chi connectivity index (χ1) is 9.82. The Morgan fingerprint density at radius 3 is 2.67 bits per heavy atom. The Morgan fingerprint density at radius 1 is 1.38 bits per heavy atom. The topological polar surface area (TPSA) is 32.3 Å². The fourth-order valence-electron chi connectivity index (χ4n) is 2.69. The van der Waals surface area contributed by atoms with Crippen molar-refractivity contribution < 1.29 is 18.0 Å². The lowest BCUT2D eigenvalue weighted by Crippen LogP contribution is -2.44. The van der Waals surface area contributed by atoms with Crippen LogP contribution in [0, 0.1) is 12.8 Å². The molecule has 0 aliphatic carbocycles. The zero-order valence-corrected chi connectivity index (χ0v) is 12.1. The lowest BCUT2D eigenvalue weighted by Gasteiger charge is -2.33. The van der Waals surface area contributed by atoms with Gasteiger partial charge in [0.15, 0.2) is 0 Å². The molecule has 116 valence electrons. The van der Waals surface area contributed by atoms with Crippen LogP contribution in [0.4, 0.5) is 18.9 Å². The van der Waals surface area contributed by atoms with Crippen molar-refractivity contribution in [2.45, 2.75) is 25.9 Å². The van der Waals surface area contributed by atoms with Crippen LogP contribution in [0.5, 0.6) is 0 Å². The molecule has 1 amide bonds. The number of likely N-dealkylation sites (tertiary alicyclic amines) is 1. The van der Waals surface area contributed by atoms with E-state index >= 15 is 0 Å². The first-order valence-electron chi connectivity index (χ1n) is 6.97. The molecule has 21 heavy (non-hydrogen) atoms. The normalized spacial score (nSPS) is 19.5. The Labute approximate surface area is 122 Å². The maximum absolute atomic E-state index is 12.8. The molecule has 1 fully saturated rings. The fraction of sp³-hybridized carbons (Fsp3) is 0.533. The van der Waals surface area contributed by atoms with Crippen LogP contribution in [0.1, 0.15) is 28.8 Å². The number of amides is 1. The SMILES string of the molecule is CNc1ccc(C(=O)N2CCCC(C(F)(F)F)C2)cc1C. The van der Waals surface area contributed by atoms with Gasteiger partial charge in [0.2, 0.25) is 0 Å². The molecule has 0 saturated carbocycles. The molecular formula is C15H19F3N2O. The minimum Gasteiger partial charge on any atom is -0.388 e. The van der Waals surface area contributed by atoms with Crippen LogP contribution >= 0.6 is 0 Å². The summed E-state index contributed by atoms with van der Waals surface area (Å²) < 4.78 is 38.4. The number of hydrogen-bond donors (Lipinski definition) is 1. The van der Waals surface area contributed by atoms with Gasteiger partial charge in [-0.25, -0.2) is 0 Å². The molecule has 6 heteroatoms. The van der Waals surface area contributed by atoms with Crippen molar-refractivity contribution in [3.63, 3.8) is 0 Å². The van der Waals surface area contributed by atoms with Gasteiger partial charge < -0.3 is 10.2 Å². The second-order valence-electron chi connectivity index (χ2n) is 5.41. The first-order valence-corrected chi connectivity index (χ1v) is 6.97. The number of piperidine rings is 1. The van der Waals surface area contributed by atoms with Crippen molar-refractivity contribution in [3.05, 3.63) is 29.3 Å². The minimum absolute atomic E-state index is 0.102. The van der Waals surface area contributed by atoms with E-state index < -0.39 is 12.1 Å². The molecule has 3 nitrogen and oxygen atoms in total. The average molecular weight is 300 g/mol. The number of nitrogens with one attached hydrogen (secondary N) is 1. The third-order valence-corrected chi connectivity index (χ3v) is 3.91. The number of alkyl halides is 3. The summed E-state index contributed by atoms with van der Waals surface area (Å²) in [7, 11) is 1.78. The predicted octanol–water partition coefficient (Wildman–Crippen LogP) is 3.45. The molecule has 1 aromatic carbocycles. The maximum atomic E-state index is 12.8. The molecular weight excluding hydrogens is 281 g/mol. The number of halogens is 3. The van der Waals surface area contributed by atoms with Gasteiger partial charge in [-0.2, -0.15) is 13.2 Å². The lowest BCUT2D eigenvalue weighted by molar-refractivity contribution is -0.184. The van der Waals surface area contributed by atoms with E-state index in [-0.39, 0.29) is 18.9 Å². The summed E-state index contributed by atoms with van der Waals surface area (Å²) in [5.74, 6) is -1.73. The van der Waals surface area contributed by atoms with E-state index in [4.69, 9.17) is 0 Å². The smallest absolute Gasteiger partial charge is 0.388 e. The highest BCUT2D eigenvalue weighted by Crippen LogP contribution is 2.33. The molecule has 0 radical (unpaired) electrons. The summed E-state index contributed by atoms with van der Waals surface area (Å²) in [4.78, 5) is 13.7. The fourth-order valence-corrected chi connectivity index (χ4v) is 2.69. The lowest BCUT2D eigenvalue weighted by atomic mass is 9.96. The number of rotatable bonds is 2. The van der Waals surface area contributed by atoms with E-state index in [0.717, 1.165) is 11.3 Å². The molecule has 1 unspecified atom stereocenters. The highest BCUT2D eigenvalue weighted by atomic mass is 19.4. The molecule has 0 bridgehead atoms. The summed E-state index contributed by atoms with van der Waals surface area (Å²) in [5.41, 5.74) is 2.24. The third kappa shape index (κ3) is 3.49.